The summed E-state index contributed by atoms with van der Waals surface area (Å²) in [6.45, 7) is 3.40. The van der Waals surface area contributed by atoms with E-state index in [4.69, 9.17) is 11.6 Å². The lowest BCUT2D eigenvalue weighted by atomic mass is 9.72. The third kappa shape index (κ3) is 4.06. The predicted octanol–water partition coefficient (Wildman–Crippen LogP) is 4.16. The van der Waals surface area contributed by atoms with E-state index in [2.05, 4.69) is 23.1 Å². The summed E-state index contributed by atoms with van der Waals surface area (Å²) in [6.07, 6.45) is 4.40. The summed E-state index contributed by atoms with van der Waals surface area (Å²) >= 11 is 6.00. The molecule has 2 aromatic carbocycles. The van der Waals surface area contributed by atoms with E-state index in [1.807, 2.05) is 30.3 Å². The van der Waals surface area contributed by atoms with Gasteiger partial charge in [0.05, 0.1) is 12.2 Å². The standard InChI is InChI=1S/C21H25ClN2O2S/c1-27(25,26)24-16-21(13-18-5-2-3-6-20(18)24)11-4-12-23(15-21)14-17-7-9-19(22)10-8-17/h2-3,5-10H,4,11-16H2,1H3. The van der Waals surface area contributed by atoms with E-state index in [0.717, 1.165) is 55.2 Å². The second-order valence-electron chi connectivity index (χ2n) is 8.02. The van der Waals surface area contributed by atoms with Gasteiger partial charge in [-0.25, -0.2) is 0 Å². The highest BCUT2D eigenvalue weighted by atomic mass is 35.5. The fourth-order valence-electron chi connectivity index (χ4n) is 4.62. The Balaban J connectivity index is 1.59. The van der Waals surface area contributed by atoms with Crippen LogP contribution in [0.1, 0.15) is 24.0 Å². The van der Waals surface area contributed by atoms with Crippen LogP contribution < -0.4 is 4.31 Å². The first-order chi connectivity index (χ1) is 12.8. The number of nitrogens with zero attached hydrogens (tertiary/aromatic N) is 2. The molecule has 0 N–H and O–H groups in total. The van der Waals surface area contributed by atoms with Crippen molar-refractivity contribution >= 4 is 27.7 Å². The number of benzene rings is 2. The Hall–Kier alpha value is -1.40. The van der Waals surface area contributed by atoms with Crippen molar-refractivity contribution in [1.29, 1.82) is 0 Å². The quantitative estimate of drug-likeness (QED) is 0.721. The molecule has 6 heteroatoms. The van der Waals surface area contributed by atoms with E-state index in [1.54, 1.807) is 4.31 Å². The Bertz CT molecular complexity index is 867. The number of sulfonamides is 1. The van der Waals surface area contributed by atoms with E-state index in [9.17, 15) is 8.76 Å². The average molecular weight is 405 g/mol. The van der Waals surface area contributed by atoms with Gasteiger partial charge in [-0.15, -0.1) is 0 Å². The molecule has 2 aliphatic heterocycles. The van der Waals surface area contributed by atoms with E-state index < -0.39 is 10.4 Å². The molecule has 0 aromatic heterocycles. The molecule has 1 fully saturated rings. The highest BCUT2D eigenvalue weighted by molar-refractivity contribution is 7.98. The van der Waals surface area contributed by atoms with Gasteiger partial charge in [0.1, 0.15) is 16.7 Å². The first-order valence-electron chi connectivity index (χ1n) is 9.37. The summed E-state index contributed by atoms with van der Waals surface area (Å²) in [7, 11) is -3.30. The number of fused-ring (bicyclic) bond motifs is 1. The molecule has 2 aromatic rings. The molecule has 0 amide bonds. The molecule has 2 atom stereocenters. The molecule has 1 spiro atoms. The van der Waals surface area contributed by atoms with Crippen LogP contribution in [0.4, 0.5) is 5.69 Å². The Morgan fingerprint density at radius 1 is 1.15 bits per heavy atom. The van der Waals surface area contributed by atoms with Crippen LogP contribution in [0.25, 0.3) is 0 Å². The lowest BCUT2D eigenvalue weighted by Gasteiger charge is -2.48. The number of hydrogen-bond donors (Lipinski definition) is 0. The molecular formula is C21H25ClN2O2S. The molecule has 0 radical (unpaired) electrons. The van der Waals surface area contributed by atoms with Gasteiger partial charge in [-0.2, -0.15) is 4.31 Å². The van der Waals surface area contributed by atoms with Gasteiger partial charge in [0.15, 0.2) is 0 Å². The van der Waals surface area contributed by atoms with Crippen LogP contribution in [0, 0.1) is 5.41 Å². The predicted molar refractivity (Wildman–Crippen MR) is 111 cm³/mol. The van der Waals surface area contributed by atoms with Gasteiger partial charge in [-0.1, -0.05) is 46.1 Å². The van der Waals surface area contributed by atoms with Crippen molar-refractivity contribution in [2.45, 2.75) is 25.8 Å². The Labute approximate surface area is 167 Å². The Morgan fingerprint density at radius 3 is 2.63 bits per heavy atom. The highest BCUT2D eigenvalue weighted by Crippen LogP contribution is 2.43. The average Bonchev–Trinajstić information content (AvgIpc) is 2.62. The molecule has 2 aliphatic rings. The summed E-state index contributed by atoms with van der Waals surface area (Å²) in [4.78, 5) is 2.46. The van der Waals surface area contributed by atoms with Crippen molar-refractivity contribution in [3.05, 3.63) is 64.7 Å². The van der Waals surface area contributed by atoms with Gasteiger partial charge < -0.3 is 4.55 Å². The monoisotopic (exact) mass is 404 g/mol. The van der Waals surface area contributed by atoms with Gasteiger partial charge in [-0.05, 0) is 55.1 Å². The number of anilines is 1. The van der Waals surface area contributed by atoms with Crippen molar-refractivity contribution in [3.8, 4) is 0 Å². The first kappa shape index (κ1) is 18.9. The fourth-order valence-corrected chi connectivity index (χ4v) is 5.79. The number of piperidine rings is 1. The highest BCUT2D eigenvalue weighted by Gasteiger charge is 2.44. The zero-order chi connectivity index (χ0) is 19.1. The minimum absolute atomic E-state index is 0.0257. The smallest absolute Gasteiger partial charge is 0.145 e. The Morgan fingerprint density at radius 2 is 1.89 bits per heavy atom. The molecule has 2 unspecified atom stereocenters. The van der Waals surface area contributed by atoms with Gasteiger partial charge in [-0.3, -0.25) is 4.90 Å². The maximum Gasteiger partial charge on any atom is 0.145 e. The third-order valence-electron chi connectivity index (χ3n) is 5.77. The zero-order valence-corrected chi connectivity index (χ0v) is 17.1. The van der Waals surface area contributed by atoms with Crippen molar-refractivity contribution in [2.75, 3.05) is 30.2 Å². The summed E-state index contributed by atoms with van der Waals surface area (Å²) < 4.78 is 26.6. The molecule has 4 nitrogen and oxygen atoms in total. The van der Waals surface area contributed by atoms with Crippen LogP contribution in [0.3, 0.4) is 0 Å². The minimum Gasteiger partial charge on any atom is -0.593 e. The molecule has 0 bridgehead atoms. The van der Waals surface area contributed by atoms with Crippen LogP contribution in [-0.4, -0.2) is 35.3 Å². The molecule has 27 heavy (non-hydrogen) atoms. The molecule has 0 aliphatic carbocycles. The van der Waals surface area contributed by atoms with Crippen LogP contribution in [0.15, 0.2) is 48.5 Å². The Kier molecular flexibility index (Phi) is 5.06. The van der Waals surface area contributed by atoms with Crippen LogP contribution >= 0.6 is 11.6 Å². The molecule has 2 heterocycles. The molecular weight excluding hydrogens is 380 g/mol. The van der Waals surface area contributed by atoms with Crippen LogP contribution in [0.5, 0.6) is 0 Å². The van der Waals surface area contributed by atoms with Crippen molar-refractivity contribution in [1.82, 2.24) is 4.90 Å². The number of hydrogen-bond acceptors (Lipinski definition) is 3. The second kappa shape index (κ2) is 7.21. The van der Waals surface area contributed by atoms with Crippen molar-refractivity contribution in [2.24, 2.45) is 5.41 Å². The molecule has 1 saturated heterocycles. The van der Waals surface area contributed by atoms with Crippen LogP contribution in [-0.2, 0) is 27.6 Å². The summed E-state index contributed by atoms with van der Waals surface area (Å²) in [5, 5.41) is 0.751. The van der Waals surface area contributed by atoms with Crippen molar-refractivity contribution < 1.29 is 8.76 Å². The van der Waals surface area contributed by atoms with E-state index in [1.165, 1.54) is 11.8 Å². The lowest BCUT2D eigenvalue weighted by molar-refractivity contribution is 0.0861. The third-order valence-corrected chi connectivity index (χ3v) is 7.14. The summed E-state index contributed by atoms with van der Waals surface area (Å²) in [6, 6.07) is 15.9. The fraction of sp³-hybridized carbons (Fsp3) is 0.429. The number of halogens is 1. The minimum atomic E-state index is -3.30. The summed E-state index contributed by atoms with van der Waals surface area (Å²) in [5.41, 5.74) is 3.21. The normalized spacial score (nSPS) is 25.2. The second-order valence-corrected chi connectivity index (χ2v) is 10.4. The lowest BCUT2D eigenvalue weighted by Crippen LogP contribution is -2.55. The molecule has 4 rings (SSSR count). The number of likely N-dealkylation sites (tertiary alicyclic amines) is 1. The van der Waals surface area contributed by atoms with Gasteiger partial charge in [0.2, 0.25) is 0 Å². The molecule has 0 saturated carbocycles. The van der Waals surface area contributed by atoms with E-state index >= 15 is 0 Å². The zero-order valence-electron chi connectivity index (χ0n) is 15.6. The van der Waals surface area contributed by atoms with Gasteiger partial charge >= 0.3 is 0 Å². The summed E-state index contributed by atoms with van der Waals surface area (Å²) in [5.74, 6) is 0. The SMILES string of the molecule is C[S+](=O)([O-])N1CC2(CCCN(Cc3ccc(Cl)cc3)C2)Cc2ccccc21. The van der Waals surface area contributed by atoms with Crippen LogP contribution in [0.2, 0.25) is 5.02 Å². The van der Waals surface area contributed by atoms with E-state index in [0.29, 0.717) is 6.54 Å². The van der Waals surface area contributed by atoms with E-state index in [-0.39, 0.29) is 5.41 Å². The van der Waals surface area contributed by atoms with Crippen molar-refractivity contribution in [3.63, 3.8) is 0 Å². The number of rotatable bonds is 3. The maximum atomic E-state index is 12.5. The van der Waals surface area contributed by atoms with Gasteiger partial charge in [0.25, 0.3) is 0 Å². The largest absolute Gasteiger partial charge is 0.593 e. The maximum absolute atomic E-state index is 12.5. The molecule has 144 valence electrons. The topological polar surface area (TPSA) is 46.6 Å². The number of para-hydroxylation sites is 1. The first-order valence-corrected chi connectivity index (χ1v) is 11.6. The van der Waals surface area contributed by atoms with Gasteiger partial charge in [0, 0.05) is 23.5 Å².